The van der Waals surface area contributed by atoms with E-state index in [0.717, 1.165) is 6.26 Å². The van der Waals surface area contributed by atoms with Gasteiger partial charge in [-0.1, -0.05) is 0 Å². The normalized spacial score (nSPS) is 26.7. The van der Waals surface area contributed by atoms with Crippen LogP contribution in [0, 0.1) is 5.92 Å². The van der Waals surface area contributed by atoms with Gasteiger partial charge < -0.3 is 5.11 Å². The molecule has 0 radical (unpaired) electrons. The lowest BCUT2D eigenvalue weighted by atomic mass is 9.82. The molecule has 0 spiro atoms. The number of aliphatic hydroxyl groups is 1. The second kappa shape index (κ2) is 5.61. The largest absolute Gasteiger partial charge is 0.393 e. The Labute approximate surface area is 101 Å². The number of alkyl halides is 2. The Kier molecular flexibility index (Phi) is 4.89. The van der Waals surface area contributed by atoms with Crippen molar-refractivity contribution < 1.29 is 22.3 Å². The molecule has 3 nitrogen and oxygen atoms in total. The van der Waals surface area contributed by atoms with E-state index in [1.54, 1.807) is 0 Å². The fourth-order valence-corrected chi connectivity index (χ4v) is 3.02. The van der Waals surface area contributed by atoms with Gasteiger partial charge in [-0.15, -0.1) is 0 Å². The summed E-state index contributed by atoms with van der Waals surface area (Å²) in [6.07, 6.45) is 1.62. The van der Waals surface area contributed by atoms with Crippen molar-refractivity contribution in [1.29, 1.82) is 0 Å². The first-order chi connectivity index (χ1) is 7.70. The predicted octanol–water partition coefficient (Wildman–Crippen LogP) is 2.00. The summed E-state index contributed by atoms with van der Waals surface area (Å²) in [6, 6.07) is 0. The van der Waals surface area contributed by atoms with Crippen LogP contribution in [0.2, 0.25) is 0 Å². The zero-order chi connectivity index (χ0) is 13.1. The van der Waals surface area contributed by atoms with Crippen molar-refractivity contribution in [2.45, 2.75) is 50.6 Å². The number of hydrogen-bond acceptors (Lipinski definition) is 3. The molecule has 1 saturated carbocycles. The van der Waals surface area contributed by atoms with Crippen molar-refractivity contribution in [3.8, 4) is 0 Å². The minimum atomic E-state index is -3.03. The molecule has 1 aliphatic rings. The molecule has 0 aliphatic heterocycles. The summed E-state index contributed by atoms with van der Waals surface area (Å²) in [6.45, 7) is 0. The highest BCUT2D eigenvalue weighted by molar-refractivity contribution is 7.90. The Morgan fingerprint density at radius 3 is 2.65 bits per heavy atom. The summed E-state index contributed by atoms with van der Waals surface area (Å²) in [5, 5.41) is 9.77. The fourth-order valence-electron chi connectivity index (χ4n) is 2.33. The molecule has 6 heteroatoms. The summed E-state index contributed by atoms with van der Waals surface area (Å²) in [5.74, 6) is -3.05. The molecule has 2 unspecified atom stereocenters. The summed E-state index contributed by atoms with van der Waals surface area (Å²) >= 11 is 0. The summed E-state index contributed by atoms with van der Waals surface area (Å²) in [7, 11) is -3.03. The van der Waals surface area contributed by atoms with E-state index in [1.807, 2.05) is 0 Å². The average Bonchev–Trinajstić information content (AvgIpc) is 2.13. The Balaban J connectivity index is 2.35. The van der Waals surface area contributed by atoms with Gasteiger partial charge in [-0.25, -0.2) is 17.2 Å². The van der Waals surface area contributed by atoms with Gasteiger partial charge in [0.1, 0.15) is 9.84 Å². The quantitative estimate of drug-likeness (QED) is 0.831. The molecule has 0 amide bonds. The van der Waals surface area contributed by atoms with E-state index in [2.05, 4.69) is 0 Å². The van der Waals surface area contributed by atoms with Crippen LogP contribution in [0.25, 0.3) is 0 Å². The van der Waals surface area contributed by atoms with Crippen LogP contribution < -0.4 is 0 Å². The van der Waals surface area contributed by atoms with Crippen LogP contribution in [0.4, 0.5) is 8.78 Å². The number of halogens is 2. The molecule has 0 heterocycles. The smallest absolute Gasteiger partial charge is 0.248 e. The minimum Gasteiger partial charge on any atom is -0.393 e. The molecule has 1 N–H and O–H groups in total. The zero-order valence-electron chi connectivity index (χ0n) is 10.0. The molecule has 0 aromatic heterocycles. The van der Waals surface area contributed by atoms with Crippen LogP contribution in [-0.4, -0.2) is 37.6 Å². The molecule has 17 heavy (non-hydrogen) atoms. The van der Waals surface area contributed by atoms with Gasteiger partial charge in [0, 0.05) is 24.9 Å². The lowest BCUT2D eigenvalue weighted by Gasteiger charge is -2.31. The Morgan fingerprint density at radius 1 is 1.47 bits per heavy atom. The van der Waals surface area contributed by atoms with Crippen molar-refractivity contribution in [3.05, 3.63) is 0 Å². The van der Waals surface area contributed by atoms with E-state index in [9.17, 15) is 22.3 Å². The van der Waals surface area contributed by atoms with E-state index in [0.29, 0.717) is 19.3 Å². The molecule has 0 bridgehead atoms. The van der Waals surface area contributed by atoms with Crippen LogP contribution in [0.15, 0.2) is 0 Å². The molecule has 1 aliphatic carbocycles. The standard InChI is InChI=1S/C11H20F2O3S/c1-17(15,16)7-3-5-10(14)9-4-2-6-11(12,13)8-9/h9-10,14H,2-8H2,1H3. The maximum atomic E-state index is 13.1. The summed E-state index contributed by atoms with van der Waals surface area (Å²) < 4.78 is 48.0. The molecule has 1 rings (SSSR count). The number of rotatable bonds is 5. The number of aliphatic hydroxyl groups excluding tert-OH is 1. The Bertz CT molecular complexity index is 341. The SMILES string of the molecule is CS(=O)(=O)CCCC(O)C1CCCC(F)(F)C1. The third-order valence-electron chi connectivity index (χ3n) is 3.24. The van der Waals surface area contributed by atoms with E-state index < -0.39 is 27.8 Å². The van der Waals surface area contributed by atoms with Crippen molar-refractivity contribution in [2.75, 3.05) is 12.0 Å². The van der Waals surface area contributed by atoms with Crippen molar-refractivity contribution in [3.63, 3.8) is 0 Å². The monoisotopic (exact) mass is 270 g/mol. The van der Waals surface area contributed by atoms with Gasteiger partial charge in [-0.3, -0.25) is 0 Å². The Hall–Kier alpha value is -0.230. The third-order valence-corrected chi connectivity index (χ3v) is 4.27. The molecule has 0 saturated heterocycles. The zero-order valence-corrected chi connectivity index (χ0v) is 10.8. The first-order valence-electron chi connectivity index (χ1n) is 5.93. The first-order valence-corrected chi connectivity index (χ1v) is 7.99. The highest BCUT2D eigenvalue weighted by Crippen LogP contribution is 2.38. The lowest BCUT2D eigenvalue weighted by Crippen LogP contribution is -2.33. The highest BCUT2D eigenvalue weighted by atomic mass is 32.2. The third kappa shape index (κ3) is 5.77. The van der Waals surface area contributed by atoms with Gasteiger partial charge in [0.15, 0.2) is 0 Å². The lowest BCUT2D eigenvalue weighted by molar-refractivity contribution is -0.0764. The molecule has 0 aromatic rings. The second-order valence-corrected chi connectivity index (χ2v) is 7.31. The van der Waals surface area contributed by atoms with E-state index in [-0.39, 0.29) is 25.0 Å². The molecule has 2 atom stereocenters. The van der Waals surface area contributed by atoms with Crippen LogP contribution in [0.5, 0.6) is 0 Å². The minimum absolute atomic E-state index is 0.00712. The molecular formula is C11H20F2O3S. The topological polar surface area (TPSA) is 54.4 Å². The van der Waals surface area contributed by atoms with Gasteiger partial charge in [0.25, 0.3) is 0 Å². The van der Waals surface area contributed by atoms with Crippen LogP contribution in [0.1, 0.15) is 38.5 Å². The van der Waals surface area contributed by atoms with Crippen molar-refractivity contribution >= 4 is 9.84 Å². The van der Waals surface area contributed by atoms with Crippen molar-refractivity contribution in [1.82, 2.24) is 0 Å². The van der Waals surface area contributed by atoms with E-state index >= 15 is 0 Å². The van der Waals surface area contributed by atoms with Crippen molar-refractivity contribution in [2.24, 2.45) is 5.92 Å². The maximum Gasteiger partial charge on any atom is 0.248 e. The first kappa shape index (κ1) is 14.8. The van der Waals surface area contributed by atoms with E-state index in [4.69, 9.17) is 0 Å². The maximum absolute atomic E-state index is 13.1. The van der Waals surface area contributed by atoms with Gasteiger partial charge in [-0.2, -0.15) is 0 Å². The fraction of sp³-hybridized carbons (Fsp3) is 1.00. The van der Waals surface area contributed by atoms with E-state index in [1.165, 1.54) is 0 Å². The average molecular weight is 270 g/mol. The molecular weight excluding hydrogens is 250 g/mol. The second-order valence-electron chi connectivity index (χ2n) is 5.05. The Morgan fingerprint density at radius 2 is 2.12 bits per heavy atom. The van der Waals surface area contributed by atoms with Crippen LogP contribution in [-0.2, 0) is 9.84 Å². The summed E-state index contributed by atoms with van der Waals surface area (Å²) in [5.41, 5.74) is 0. The van der Waals surface area contributed by atoms with Crippen LogP contribution >= 0.6 is 0 Å². The molecule has 1 fully saturated rings. The van der Waals surface area contributed by atoms with Gasteiger partial charge in [-0.05, 0) is 31.6 Å². The number of sulfone groups is 1. The molecule has 102 valence electrons. The molecule has 0 aromatic carbocycles. The van der Waals surface area contributed by atoms with Gasteiger partial charge in [0.2, 0.25) is 5.92 Å². The number of hydrogen-bond donors (Lipinski definition) is 1. The predicted molar refractivity (Wildman–Crippen MR) is 61.9 cm³/mol. The van der Waals surface area contributed by atoms with Gasteiger partial charge in [0.05, 0.1) is 6.10 Å². The van der Waals surface area contributed by atoms with Gasteiger partial charge >= 0.3 is 0 Å². The van der Waals surface area contributed by atoms with Crippen LogP contribution in [0.3, 0.4) is 0 Å². The highest BCUT2D eigenvalue weighted by Gasteiger charge is 2.38. The summed E-state index contributed by atoms with van der Waals surface area (Å²) in [4.78, 5) is 0.